The highest BCUT2D eigenvalue weighted by Crippen LogP contribution is 2.32. The highest BCUT2D eigenvalue weighted by molar-refractivity contribution is 9.10. The number of hydrogen-bond acceptors (Lipinski definition) is 6. The van der Waals surface area contributed by atoms with E-state index in [1.165, 1.54) is 19.2 Å². The van der Waals surface area contributed by atoms with E-state index in [-0.39, 0.29) is 29.5 Å². The van der Waals surface area contributed by atoms with Crippen molar-refractivity contribution >= 4 is 37.7 Å². The number of carbonyl (C=O) groups is 1. The first-order valence-electron chi connectivity index (χ1n) is 5.33. The van der Waals surface area contributed by atoms with E-state index in [9.17, 15) is 13.2 Å². The maximum atomic E-state index is 12.1. The van der Waals surface area contributed by atoms with Crippen LogP contribution in [0.25, 0.3) is 0 Å². The Kier molecular flexibility index (Phi) is 5.60. The summed E-state index contributed by atoms with van der Waals surface area (Å²) < 4.78 is 36.4. The minimum atomic E-state index is -3.85. The number of halogens is 1. The molecule has 0 saturated heterocycles. The summed E-state index contributed by atoms with van der Waals surface area (Å²) in [5, 5.41) is 0. The fraction of sp³-hybridized carbons (Fsp3) is 0.300. The molecule has 1 amide bonds. The quantitative estimate of drug-likeness (QED) is 0.492. The van der Waals surface area contributed by atoms with Crippen molar-refractivity contribution in [1.82, 2.24) is 4.72 Å². The number of hydrogen-bond donors (Lipinski definition) is 3. The number of amides is 1. The molecule has 0 aliphatic carbocycles. The molecule has 1 aromatic carbocycles. The largest absolute Gasteiger partial charge is 0.495 e. The first kappa shape index (κ1) is 16.5. The van der Waals surface area contributed by atoms with Gasteiger partial charge in [0.05, 0.1) is 7.11 Å². The van der Waals surface area contributed by atoms with E-state index in [4.69, 9.17) is 16.2 Å². The van der Waals surface area contributed by atoms with Crippen LogP contribution in [-0.2, 0) is 14.8 Å². The van der Waals surface area contributed by atoms with Crippen LogP contribution in [0.3, 0.4) is 0 Å². The molecule has 20 heavy (non-hydrogen) atoms. The van der Waals surface area contributed by atoms with Crippen LogP contribution in [0.15, 0.2) is 21.5 Å². The summed E-state index contributed by atoms with van der Waals surface area (Å²) in [6, 6.07) is 2.71. The number of benzene rings is 1. The zero-order chi connectivity index (χ0) is 15.3. The normalized spacial score (nSPS) is 11.1. The van der Waals surface area contributed by atoms with Crippen LogP contribution >= 0.6 is 15.9 Å². The number of methoxy groups -OCH3 is 1. The van der Waals surface area contributed by atoms with Crippen molar-refractivity contribution in [3.8, 4) is 5.75 Å². The lowest BCUT2D eigenvalue weighted by atomic mass is 10.3. The van der Waals surface area contributed by atoms with Crippen LogP contribution < -0.4 is 20.9 Å². The van der Waals surface area contributed by atoms with E-state index in [0.717, 1.165) is 0 Å². The lowest BCUT2D eigenvalue weighted by molar-refractivity contribution is 0.159. The average Bonchev–Trinajstić information content (AvgIpc) is 2.37. The highest BCUT2D eigenvalue weighted by Gasteiger charge is 2.20. The maximum Gasteiger partial charge on any atom is 0.404 e. The number of nitrogens with two attached hydrogens (primary N) is 2. The summed E-state index contributed by atoms with van der Waals surface area (Å²) in [6.45, 7) is -0.298. The Balaban J connectivity index is 2.92. The summed E-state index contributed by atoms with van der Waals surface area (Å²) in [5.41, 5.74) is 10.7. The predicted octanol–water partition coefficient (Wildman–Crippen LogP) is 0.414. The Morgan fingerprint density at radius 1 is 1.45 bits per heavy atom. The number of nitrogens with one attached hydrogen (secondary N) is 1. The molecule has 0 fully saturated rings. The van der Waals surface area contributed by atoms with Crippen LogP contribution in [0.4, 0.5) is 10.5 Å². The van der Waals surface area contributed by atoms with Gasteiger partial charge in [-0.3, -0.25) is 0 Å². The van der Waals surface area contributed by atoms with E-state index < -0.39 is 16.1 Å². The zero-order valence-electron chi connectivity index (χ0n) is 10.6. The first-order valence-corrected chi connectivity index (χ1v) is 7.60. The number of ether oxygens (including phenoxy) is 2. The number of sulfonamides is 1. The van der Waals surface area contributed by atoms with Gasteiger partial charge in [0.2, 0.25) is 10.0 Å². The van der Waals surface area contributed by atoms with Gasteiger partial charge in [0.25, 0.3) is 0 Å². The van der Waals surface area contributed by atoms with Gasteiger partial charge in [-0.15, -0.1) is 0 Å². The Morgan fingerprint density at radius 3 is 2.65 bits per heavy atom. The summed E-state index contributed by atoms with van der Waals surface area (Å²) >= 11 is 3.18. The van der Waals surface area contributed by atoms with Crippen molar-refractivity contribution in [2.45, 2.75) is 4.90 Å². The van der Waals surface area contributed by atoms with Crippen molar-refractivity contribution in [1.29, 1.82) is 0 Å². The molecule has 0 atom stereocenters. The van der Waals surface area contributed by atoms with Gasteiger partial charge in [-0.2, -0.15) is 0 Å². The monoisotopic (exact) mass is 367 g/mol. The van der Waals surface area contributed by atoms with E-state index in [1.54, 1.807) is 0 Å². The molecule has 0 aliphatic heterocycles. The third kappa shape index (κ3) is 4.25. The van der Waals surface area contributed by atoms with Crippen LogP contribution in [0, 0.1) is 0 Å². The lowest BCUT2D eigenvalue weighted by Crippen LogP contribution is -2.29. The van der Waals surface area contributed by atoms with Gasteiger partial charge in [0, 0.05) is 16.7 Å². The van der Waals surface area contributed by atoms with E-state index in [2.05, 4.69) is 25.4 Å². The average molecular weight is 368 g/mol. The van der Waals surface area contributed by atoms with Gasteiger partial charge in [0.15, 0.2) is 0 Å². The van der Waals surface area contributed by atoms with Crippen LogP contribution in [0.1, 0.15) is 0 Å². The Labute approximate surface area is 124 Å². The molecule has 10 heteroatoms. The summed E-state index contributed by atoms with van der Waals surface area (Å²) in [5.74, 6) is 0.134. The number of anilines is 1. The maximum absolute atomic E-state index is 12.1. The Hall–Kier alpha value is -1.52. The Bertz CT molecular complexity index is 605. The van der Waals surface area contributed by atoms with Gasteiger partial charge in [0.1, 0.15) is 17.3 Å². The summed E-state index contributed by atoms with van der Waals surface area (Å²) in [4.78, 5) is 10.2. The molecule has 1 rings (SSSR count). The SMILES string of the molecule is COc1cc(Br)c(N)cc1S(=O)(=O)NCCOC(N)=O. The standard InChI is InChI=1S/C10H14BrN3O5S/c1-18-8-4-6(11)7(12)5-9(8)20(16,17)14-2-3-19-10(13)15/h4-5,14H,2-3,12H2,1H3,(H2,13,15). The minimum absolute atomic E-state index is 0.111. The van der Waals surface area contributed by atoms with Crippen molar-refractivity contribution in [3.05, 3.63) is 16.6 Å². The molecule has 0 aromatic heterocycles. The Morgan fingerprint density at radius 2 is 2.10 bits per heavy atom. The number of primary amides is 1. The molecule has 8 nitrogen and oxygen atoms in total. The van der Waals surface area contributed by atoms with Gasteiger partial charge in [-0.05, 0) is 28.1 Å². The van der Waals surface area contributed by atoms with Crippen LogP contribution in [-0.4, -0.2) is 34.8 Å². The molecule has 0 radical (unpaired) electrons. The van der Waals surface area contributed by atoms with Gasteiger partial charge in [-0.25, -0.2) is 17.9 Å². The number of nitrogen functional groups attached to an aromatic ring is 1. The van der Waals surface area contributed by atoms with Gasteiger partial charge < -0.3 is 20.9 Å². The van der Waals surface area contributed by atoms with Crippen LogP contribution in [0.2, 0.25) is 0 Å². The minimum Gasteiger partial charge on any atom is -0.495 e. The molecule has 0 bridgehead atoms. The predicted molar refractivity (Wildman–Crippen MR) is 75.8 cm³/mol. The van der Waals surface area contributed by atoms with E-state index in [0.29, 0.717) is 4.47 Å². The molecule has 112 valence electrons. The fourth-order valence-corrected chi connectivity index (χ4v) is 2.84. The second-order valence-corrected chi connectivity index (χ2v) is 6.18. The lowest BCUT2D eigenvalue weighted by Gasteiger charge is -2.12. The summed E-state index contributed by atoms with van der Waals surface area (Å²) in [7, 11) is -2.51. The van der Waals surface area contributed by atoms with Crippen molar-refractivity contribution in [2.75, 3.05) is 26.0 Å². The third-order valence-corrected chi connectivity index (χ3v) is 4.38. The zero-order valence-corrected chi connectivity index (χ0v) is 13.0. The number of rotatable bonds is 6. The smallest absolute Gasteiger partial charge is 0.404 e. The first-order chi connectivity index (χ1) is 9.27. The highest BCUT2D eigenvalue weighted by atomic mass is 79.9. The second-order valence-electron chi connectivity index (χ2n) is 3.59. The van der Waals surface area contributed by atoms with Crippen molar-refractivity contribution in [2.24, 2.45) is 5.73 Å². The summed E-state index contributed by atoms with van der Waals surface area (Å²) in [6.07, 6.45) is -0.977. The van der Waals surface area contributed by atoms with Crippen molar-refractivity contribution < 1.29 is 22.7 Å². The molecule has 1 aromatic rings. The molecule has 0 saturated carbocycles. The topological polar surface area (TPSA) is 134 Å². The van der Waals surface area contributed by atoms with Crippen LogP contribution in [0.5, 0.6) is 5.75 Å². The molecule has 0 spiro atoms. The molecule has 5 N–H and O–H groups in total. The van der Waals surface area contributed by atoms with Gasteiger partial charge in [-0.1, -0.05) is 0 Å². The molecule has 0 heterocycles. The third-order valence-electron chi connectivity index (χ3n) is 2.21. The molecule has 0 aliphatic rings. The van der Waals surface area contributed by atoms with E-state index >= 15 is 0 Å². The second kappa shape index (κ2) is 6.77. The molecular formula is C10H14BrN3O5S. The number of carbonyl (C=O) groups excluding carboxylic acids is 1. The van der Waals surface area contributed by atoms with Crippen molar-refractivity contribution in [3.63, 3.8) is 0 Å². The fourth-order valence-electron chi connectivity index (χ4n) is 1.33. The molecular weight excluding hydrogens is 354 g/mol. The molecule has 0 unspecified atom stereocenters. The van der Waals surface area contributed by atoms with E-state index in [1.807, 2.05) is 0 Å². The van der Waals surface area contributed by atoms with Gasteiger partial charge >= 0.3 is 6.09 Å².